The molecule has 1 aliphatic carbocycles. The smallest absolute Gasteiger partial charge is 0.200 e. The predicted octanol–water partition coefficient (Wildman–Crippen LogP) is 2.40. The normalized spacial score (nSPS) is 24.8. The number of pyridine rings is 1. The van der Waals surface area contributed by atoms with Gasteiger partial charge in [-0.2, -0.15) is 5.26 Å². The quantitative estimate of drug-likeness (QED) is 0.863. The van der Waals surface area contributed by atoms with Crippen LogP contribution in [0.2, 0.25) is 0 Å². The molecule has 1 aromatic heterocycles. The monoisotopic (exact) mass is 302 g/mol. The van der Waals surface area contributed by atoms with Crippen LogP contribution in [-0.2, 0) is 4.74 Å². The molecule has 0 fully saturated rings. The molecule has 0 saturated heterocycles. The van der Waals surface area contributed by atoms with Crippen molar-refractivity contribution in [2.75, 3.05) is 0 Å². The summed E-state index contributed by atoms with van der Waals surface area (Å²) in [6, 6.07) is 4.23. The molecule has 2 unspecified atom stereocenters. The summed E-state index contributed by atoms with van der Waals surface area (Å²) in [7, 11) is 0. The van der Waals surface area contributed by atoms with E-state index in [-0.39, 0.29) is 17.9 Å². The SMILES string of the molecule is Cc1cncc(C2C3=CC=C4C=CN=C4C3OC(N)=C2C#N)c1. The Morgan fingerprint density at radius 3 is 2.96 bits per heavy atom. The highest BCUT2D eigenvalue weighted by Crippen LogP contribution is 2.43. The third-order valence-electron chi connectivity index (χ3n) is 4.25. The topological polar surface area (TPSA) is 84.3 Å². The molecule has 0 saturated carbocycles. The van der Waals surface area contributed by atoms with Crippen LogP contribution in [0.1, 0.15) is 17.0 Å². The van der Waals surface area contributed by atoms with E-state index in [9.17, 15) is 5.26 Å². The number of aromatic nitrogens is 1. The number of nitriles is 1. The van der Waals surface area contributed by atoms with E-state index in [4.69, 9.17) is 10.5 Å². The van der Waals surface area contributed by atoms with Gasteiger partial charge < -0.3 is 10.5 Å². The van der Waals surface area contributed by atoms with Gasteiger partial charge in [-0.15, -0.1) is 0 Å². The van der Waals surface area contributed by atoms with Gasteiger partial charge in [-0.3, -0.25) is 9.98 Å². The van der Waals surface area contributed by atoms with Gasteiger partial charge in [-0.05, 0) is 29.7 Å². The minimum Gasteiger partial charge on any atom is -0.464 e. The van der Waals surface area contributed by atoms with Gasteiger partial charge in [0, 0.05) is 24.2 Å². The van der Waals surface area contributed by atoms with E-state index in [0.717, 1.165) is 28.0 Å². The zero-order valence-electron chi connectivity index (χ0n) is 12.5. The van der Waals surface area contributed by atoms with Crippen LogP contribution in [-0.4, -0.2) is 16.8 Å². The molecule has 5 heteroatoms. The Balaban J connectivity index is 1.91. The maximum atomic E-state index is 9.57. The zero-order chi connectivity index (χ0) is 16.0. The lowest BCUT2D eigenvalue weighted by Crippen LogP contribution is -2.37. The first-order chi connectivity index (χ1) is 11.2. The van der Waals surface area contributed by atoms with Crippen LogP contribution in [0.4, 0.5) is 0 Å². The van der Waals surface area contributed by atoms with Crippen molar-refractivity contribution in [2.24, 2.45) is 10.7 Å². The van der Waals surface area contributed by atoms with Crippen LogP contribution in [0.5, 0.6) is 0 Å². The number of rotatable bonds is 1. The number of hydrogen-bond donors (Lipinski definition) is 1. The van der Waals surface area contributed by atoms with E-state index in [1.165, 1.54) is 0 Å². The van der Waals surface area contributed by atoms with Crippen molar-refractivity contribution in [1.29, 1.82) is 5.26 Å². The first-order valence-electron chi connectivity index (χ1n) is 7.33. The Labute approximate surface area is 133 Å². The van der Waals surface area contributed by atoms with Crippen molar-refractivity contribution in [3.63, 3.8) is 0 Å². The molecule has 2 aliphatic heterocycles. The van der Waals surface area contributed by atoms with E-state index >= 15 is 0 Å². The van der Waals surface area contributed by atoms with E-state index in [1.54, 1.807) is 18.6 Å². The van der Waals surface area contributed by atoms with Crippen molar-refractivity contribution in [3.8, 4) is 6.07 Å². The van der Waals surface area contributed by atoms with Gasteiger partial charge in [0.15, 0.2) is 12.0 Å². The van der Waals surface area contributed by atoms with Gasteiger partial charge in [0.2, 0.25) is 0 Å². The molecule has 112 valence electrons. The minimum absolute atomic E-state index is 0.164. The highest BCUT2D eigenvalue weighted by molar-refractivity contribution is 6.11. The summed E-state index contributed by atoms with van der Waals surface area (Å²) in [5, 5.41) is 9.57. The van der Waals surface area contributed by atoms with Gasteiger partial charge in [-0.1, -0.05) is 18.2 Å². The number of nitrogens with two attached hydrogens (primary N) is 1. The summed E-state index contributed by atoms with van der Waals surface area (Å²) >= 11 is 0. The van der Waals surface area contributed by atoms with E-state index in [0.29, 0.717) is 5.57 Å². The third-order valence-corrected chi connectivity index (χ3v) is 4.25. The lowest BCUT2D eigenvalue weighted by Gasteiger charge is -2.35. The summed E-state index contributed by atoms with van der Waals surface area (Å²) in [4.78, 5) is 8.66. The van der Waals surface area contributed by atoms with Crippen LogP contribution >= 0.6 is 0 Å². The van der Waals surface area contributed by atoms with Crippen LogP contribution in [0.25, 0.3) is 0 Å². The number of aliphatic imine (C=N–C) groups is 1. The third kappa shape index (κ3) is 2.00. The number of nitrogens with zero attached hydrogens (tertiary/aromatic N) is 3. The molecule has 2 N–H and O–H groups in total. The van der Waals surface area contributed by atoms with Gasteiger partial charge in [-0.25, -0.2) is 0 Å². The average Bonchev–Trinajstić information content (AvgIpc) is 3.02. The molecule has 0 bridgehead atoms. The van der Waals surface area contributed by atoms with Crippen LogP contribution < -0.4 is 5.73 Å². The van der Waals surface area contributed by atoms with Crippen molar-refractivity contribution >= 4 is 5.71 Å². The first-order valence-corrected chi connectivity index (χ1v) is 7.33. The molecule has 0 amide bonds. The molecule has 5 nitrogen and oxygen atoms in total. The molecule has 1 aromatic rings. The Morgan fingerprint density at radius 2 is 2.17 bits per heavy atom. The largest absolute Gasteiger partial charge is 0.464 e. The molecule has 23 heavy (non-hydrogen) atoms. The highest BCUT2D eigenvalue weighted by atomic mass is 16.5. The number of fused-ring (bicyclic) bond motifs is 3. The van der Waals surface area contributed by atoms with E-state index < -0.39 is 0 Å². The van der Waals surface area contributed by atoms with Crippen molar-refractivity contribution in [1.82, 2.24) is 4.98 Å². The van der Waals surface area contributed by atoms with E-state index in [1.807, 2.05) is 31.2 Å². The number of allylic oxidation sites excluding steroid dienone is 4. The molecule has 2 atom stereocenters. The fourth-order valence-electron chi connectivity index (χ4n) is 3.23. The second-order valence-electron chi connectivity index (χ2n) is 5.74. The molecule has 0 radical (unpaired) electrons. The maximum absolute atomic E-state index is 9.57. The average molecular weight is 302 g/mol. The molecule has 0 aromatic carbocycles. The summed E-state index contributed by atoms with van der Waals surface area (Å²) in [6.07, 6.45) is 10.9. The molecule has 0 spiro atoms. The number of aryl methyl sites for hydroxylation is 1. The Kier molecular flexibility index (Phi) is 2.91. The number of hydrogen-bond acceptors (Lipinski definition) is 5. The fourth-order valence-corrected chi connectivity index (χ4v) is 3.23. The van der Waals surface area contributed by atoms with Crippen LogP contribution in [0.15, 0.2) is 70.5 Å². The van der Waals surface area contributed by atoms with Crippen LogP contribution in [0, 0.1) is 18.3 Å². The van der Waals surface area contributed by atoms with Crippen molar-refractivity contribution < 1.29 is 4.74 Å². The first kappa shape index (κ1) is 13.5. The lowest BCUT2D eigenvalue weighted by atomic mass is 9.77. The summed E-state index contributed by atoms with van der Waals surface area (Å²) in [6.45, 7) is 1.98. The lowest BCUT2D eigenvalue weighted by molar-refractivity contribution is 0.173. The summed E-state index contributed by atoms with van der Waals surface area (Å²) in [5.74, 6) is -0.0933. The van der Waals surface area contributed by atoms with Crippen LogP contribution in [0.3, 0.4) is 0 Å². The highest BCUT2D eigenvalue weighted by Gasteiger charge is 2.40. The van der Waals surface area contributed by atoms with Crippen molar-refractivity contribution in [2.45, 2.75) is 18.9 Å². The Bertz CT molecular complexity index is 896. The van der Waals surface area contributed by atoms with Gasteiger partial charge in [0.05, 0.1) is 11.6 Å². The summed E-state index contributed by atoms with van der Waals surface area (Å²) in [5.41, 5.74) is 11.3. The van der Waals surface area contributed by atoms with E-state index in [2.05, 4.69) is 16.0 Å². The maximum Gasteiger partial charge on any atom is 0.200 e. The predicted molar refractivity (Wildman–Crippen MR) is 86.2 cm³/mol. The molecule has 4 rings (SSSR count). The van der Waals surface area contributed by atoms with Gasteiger partial charge >= 0.3 is 0 Å². The standard InChI is InChI=1S/C18H14N4O/c1-10-6-12(9-21-8-10)15-13-3-2-11-4-5-22-16(11)17(13)23-18(20)14(15)7-19/h2-6,8-9,15,17H,20H2,1H3. The molecular formula is C18H14N4O. The Hall–Kier alpha value is -3.13. The minimum atomic E-state index is -0.354. The second kappa shape index (κ2) is 4.96. The Morgan fingerprint density at radius 1 is 1.30 bits per heavy atom. The van der Waals surface area contributed by atoms with Gasteiger partial charge in [0.1, 0.15) is 11.6 Å². The zero-order valence-corrected chi connectivity index (χ0v) is 12.5. The molecular weight excluding hydrogens is 288 g/mol. The second-order valence-corrected chi connectivity index (χ2v) is 5.74. The van der Waals surface area contributed by atoms with Crippen molar-refractivity contribution in [3.05, 3.63) is 76.6 Å². The molecule has 3 heterocycles. The number of ether oxygens (including phenoxy) is 1. The fraction of sp³-hybridized carbons (Fsp3) is 0.167. The summed E-state index contributed by atoms with van der Waals surface area (Å²) < 4.78 is 5.82. The van der Waals surface area contributed by atoms with Gasteiger partial charge in [0.25, 0.3) is 0 Å². The molecule has 3 aliphatic rings.